The van der Waals surface area contributed by atoms with Gasteiger partial charge in [0, 0.05) is 11.4 Å². The van der Waals surface area contributed by atoms with Gasteiger partial charge in [0.15, 0.2) is 0 Å². The Balaban J connectivity index is 2.38. The number of alkyl halides is 3. The number of aryl methyl sites for hydroxylation is 1. The van der Waals surface area contributed by atoms with Crippen LogP contribution in [-0.4, -0.2) is 29.2 Å². The molecule has 8 heteroatoms. The number of anilines is 2. The van der Waals surface area contributed by atoms with Crippen LogP contribution in [-0.2, 0) is 0 Å². The Bertz CT molecular complexity index is 579. The highest BCUT2D eigenvalue weighted by Gasteiger charge is 2.27. The summed E-state index contributed by atoms with van der Waals surface area (Å²) in [7, 11) is 0. The third kappa shape index (κ3) is 3.46. The highest BCUT2D eigenvalue weighted by Crippen LogP contribution is 2.30. The second kappa shape index (κ2) is 5.20. The monoisotopic (exact) mass is 290 g/mol. The van der Waals surface area contributed by atoms with Crippen molar-refractivity contribution < 1.29 is 13.2 Å². The SMILES string of the molecule is CCNc1nc(NCC(F)(F)F)c2cc(C)sc2n1. The van der Waals surface area contributed by atoms with E-state index >= 15 is 0 Å². The van der Waals surface area contributed by atoms with Gasteiger partial charge in [0.2, 0.25) is 5.95 Å². The Morgan fingerprint density at radius 1 is 1.26 bits per heavy atom. The fourth-order valence-electron chi connectivity index (χ4n) is 1.60. The minimum atomic E-state index is -4.28. The summed E-state index contributed by atoms with van der Waals surface area (Å²) < 4.78 is 36.8. The lowest BCUT2D eigenvalue weighted by Gasteiger charge is -2.11. The van der Waals surface area contributed by atoms with E-state index < -0.39 is 12.7 Å². The zero-order valence-corrected chi connectivity index (χ0v) is 11.2. The molecule has 2 aromatic rings. The highest BCUT2D eigenvalue weighted by molar-refractivity contribution is 7.18. The molecular formula is C11H13F3N4S. The first-order chi connectivity index (χ1) is 8.89. The molecule has 2 N–H and O–H groups in total. The molecule has 2 heterocycles. The molecule has 0 spiro atoms. The van der Waals surface area contributed by atoms with Crippen molar-refractivity contribution in [1.82, 2.24) is 9.97 Å². The largest absolute Gasteiger partial charge is 0.405 e. The van der Waals surface area contributed by atoms with Gasteiger partial charge in [0.1, 0.15) is 17.2 Å². The molecule has 0 saturated carbocycles. The molecule has 0 aliphatic heterocycles. The average Bonchev–Trinajstić information content (AvgIpc) is 2.65. The van der Waals surface area contributed by atoms with Crippen molar-refractivity contribution >= 4 is 33.3 Å². The first-order valence-corrected chi connectivity index (χ1v) is 6.53. The maximum Gasteiger partial charge on any atom is 0.405 e. The van der Waals surface area contributed by atoms with Crippen molar-refractivity contribution in [2.75, 3.05) is 23.7 Å². The standard InChI is InChI=1S/C11H13F3N4S/c1-3-15-10-17-8(16-5-11(12,13)14)7-4-6(2)19-9(7)18-10/h4H,3,5H2,1-2H3,(H2,15,16,17,18). The first kappa shape index (κ1) is 13.9. The summed E-state index contributed by atoms with van der Waals surface area (Å²) in [4.78, 5) is 10.0. The third-order valence-electron chi connectivity index (χ3n) is 2.31. The average molecular weight is 290 g/mol. The van der Waals surface area contributed by atoms with E-state index in [0.29, 0.717) is 22.7 Å². The van der Waals surface area contributed by atoms with Crippen molar-refractivity contribution in [3.63, 3.8) is 0 Å². The van der Waals surface area contributed by atoms with Crippen LogP contribution in [0.1, 0.15) is 11.8 Å². The molecule has 4 nitrogen and oxygen atoms in total. The molecule has 0 aromatic carbocycles. The molecule has 104 valence electrons. The number of fused-ring (bicyclic) bond motifs is 1. The molecule has 2 rings (SSSR count). The lowest BCUT2D eigenvalue weighted by Crippen LogP contribution is -2.22. The van der Waals surface area contributed by atoms with Crippen molar-refractivity contribution in [2.24, 2.45) is 0 Å². The maximum absolute atomic E-state index is 12.3. The van der Waals surface area contributed by atoms with Crippen LogP contribution in [0.4, 0.5) is 24.9 Å². The molecule has 0 aliphatic rings. The van der Waals surface area contributed by atoms with Crippen LogP contribution in [0.5, 0.6) is 0 Å². The summed E-state index contributed by atoms with van der Waals surface area (Å²) in [6, 6.07) is 1.79. The van der Waals surface area contributed by atoms with Gasteiger partial charge in [-0.25, -0.2) is 4.98 Å². The number of hydrogen-bond acceptors (Lipinski definition) is 5. The molecule has 0 aliphatic carbocycles. The number of thiophene rings is 1. The number of halogens is 3. The van der Waals surface area contributed by atoms with E-state index in [4.69, 9.17) is 0 Å². The van der Waals surface area contributed by atoms with E-state index in [1.807, 2.05) is 13.8 Å². The van der Waals surface area contributed by atoms with Crippen LogP contribution in [0, 0.1) is 6.92 Å². The summed E-state index contributed by atoms with van der Waals surface area (Å²) in [5.74, 6) is 0.546. The number of nitrogens with zero attached hydrogens (tertiary/aromatic N) is 2. The van der Waals surface area contributed by atoms with Gasteiger partial charge in [-0.3, -0.25) is 0 Å². The van der Waals surface area contributed by atoms with E-state index in [9.17, 15) is 13.2 Å². The van der Waals surface area contributed by atoms with Crippen LogP contribution in [0.25, 0.3) is 10.2 Å². The fraction of sp³-hybridized carbons (Fsp3) is 0.455. The zero-order valence-electron chi connectivity index (χ0n) is 10.4. The van der Waals surface area contributed by atoms with Crippen molar-refractivity contribution in [3.8, 4) is 0 Å². The van der Waals surface area contributed by atoms with Crippen molar-refractivity contribution in [2.45, 2.75) is 20.0 Å². The minimum Gasteiger partial charge on any atom is -0.360 e. The van der Waals surface area contributed by atoms with Gasteiger partial charge < -0.3 is 10.6 Å². The Morgan fingerprint density at radius 2 is 2.00 bits per heavy atom. The van der Waals surface area contributed by atoms with Crippen LogP contribution < -0.4 is 10.6 Å². The van der Waals surface area contributed by atoms with E-state index in [1.165, 1.54) is 11.3 Å². The highest BCUT2D eigenvalue weighted by atomic mass is 32.1. The molecular weight excluding hydrogens is 277 g/mol. The number of aromatic nitrogens is 2. The van der Waals surface area contributed by atoms with Crippen LogP contribution in [0.15, 0.2) is 6.07 Å². The summed E-state index contributed by atoms with van der Waals surface area (Å²) in [5.41, 5.74) is 0. The van der Waals surface area contributed by atoms with Gasteiger partial charge >= 0.3 is 6.18 Å². The maximum atomic E-state index is 12.3. The van der Waals surface area contributed by atoms with Gasteiger partial charge in [-0.2, -0.15) is 18.2 Å². The van der Waals surface area contributed by atoms with Crippen LogP contribution in [0.3, 0.4) is 0 Å². The molecule has 0 unspecified atom stereocenters. The molecule has 0 bridgehead atoms. The smallest absolute Gasteiger partial charge is 0.360 e. The Morgan fingerprint density at radius 3 is 2.63 bits per heavy atom. The van der Waals surface area contributed by atoms with Crippen molar-refractivity contribution in [3.05, 3.63) is 10.9 Å². The Kier molecular flexibility index (Phi) is 3.79. The van der Waals surface area contributed by atoms with E-state index in [-0.39, 0.29) is 5.82 Å². The Labute approximate surface area is 112 Å². The summed E-state index contributed by atoms with van der Waals surface area (Å²) in [6.45, 7) is 3.25. The Hall–Kier alpha value is -1.57. The zero-order chi connectivity index (χ0) is 14.0. The second-order valence-electron chi connectivity index (χ2n) is 3.97. The fourth-order valence-corrected chi connectivity index (χ4v) is 2.48. The summed E-state index contributed by atoms with van der Waals surface area (Å²) >= 11 is 1.43. The lowest BCUT2D eigenvalue weighted by molar-refractivity contribution is -0.115. The first-order valence-electron chi connectivity index (χ1n) is 5.71. The van der Waals surface area contributed by atoms with Crippen LogP contribution in [0.2, 0.25) is 0 Å². The van der Waals surface area contributed by atoms with Crippen molar-refractivity contribution in [1.29, 1.82) is 0 Å². The van der Waals surface area contributed by atoms with E-state index in [1.54, 1.807) is 6.07 Å². The summed E-state index contributed by atoms with van der Waals surface area (Å²) in [6.07, 6.45) is -4.28. The second-order valence-corrected chi connectivity index (χ2v) is 5.21. The van der Waals surface area contributed by atoms with E-state index in [0.717, 1.165) is 4.88 Å². The molecule has 0 saturated heterocycles. The lowest BCUT2D eigenvalue weighted by atomic mass is 10.3. The minimum absolute atomic E-state index is 0.211. The topological polar surface area (TPSA) is 49.8 Å². The van der Waals surface area contributed by atoms with E-state index in [2.05, 4.69) is 20.6 Å². The van der Waals surface area contributed by atoms with Gasteiger partial charge in [-0.1, -0.05) is 0 Å². The summed E-state index contributed by atoms with van der Waals surface area (Å²) in [5, 5.41) is 5.86. The molecule has 0 radical (unpaired) electrons. The number of nitrogens with one attached hydrogen (secondary N) is 2. The quantitative estimate of drug-likeness (QED) is 0.906. The van der Waals surface area contributed by atoms with Crippen LogP contribution >= 0.6 is 11.3 Å². The molecule has 0 amide bonds. The normalized spacial score (nSPS) is 11.8. The molecule has 0 fully saturated rings. The predicted molar refractivity (Wildman–Crippen MR) is 70.9 cm³/mol. The number of hydrogen-bond donors (Lipinski definition) is 2. The van der Waals surface area contributed by atoms with Gasteiger partial charge in [-0.15, -0.1) is 11.3 Å². The van der Waals surface area contributed by atoms with Gasteiger partial charge in [0.05, 0.1) is 5.39 Å². The molecule has 2 aromatic heterocycles. The molecule has 0 atom stereocenters. The number of rotatable bonds is 4. The predicted octanol–water partition coefficient (Wildman–Crippen LogP) is 3.41. The molecule has 19 heavy (non-hydrogen) atoms. The van der Waals surface area contributed by atoms with Gasteiger partial charge in [0.25, 0.3) is 0 Å². The third-order valence-corrected chi connectivity index (χ3v) is 3.25. The van der Waals surface area contributed by atoms with Gasteiger partial charge in [-0.05, 0) is 19.9 Å².